The minimum absolute atomic E-state index is 0.420. The first-order valence-electron chi connectivity index (χ1n) is 6.07. The monoisotopic (exact) mass is 375 g/mol. The van der Waals surface area contributed by atoms with Crippen molar-refractivity contribution < 1.29 is 0 Å². The zero-order valence-electron chi connectivity index (χ0n) is 10.6. The van der Waals surface area contributed by atoms with Gasteiger partial charge in [0.15, 0.2) is 0 Å². The molecule has 0 aliphatic heterocycles. The van der Waals surface area contributed by atoms with Crippen molar-refractivity contribution in [2.45, 2.75) is 6.54 Å². The number of fused-ring (bicyclic) bond motifs is 1. The van der Waals surface area contributed by atoms with E-state index in [9.17, 15) is 0 Å². The quantitative estimate of drug-likeness (QED) is 0.532. The van der Waals surface area contributed by atoms with Gasteiger partial charge in [0.05, 0.1) is 10.0 Å². The van der Waals surface area contributed by atoms with Gasteiger partial charge in [-0.1, -0.05) is 52.5 Å². The van der Waals surface area contributed by atoms with Crippen LogP contribution < -0.4 is 5.73 Å². The zero-order chi connectivity index (χ0) is 15.1. The lowest BCUT2D eigenvalue weighted by molar-refractivity contribution is 1.11. The van der Waals surface area contributed by atoms with Crippen LogP contribution >= 0.6 is 57.7 Å². The van der Waals surface area contributed by atoms with E-state index in [1.165, 1.54) is 0 Å². The fraction of sp³-hybridized carbons (Fsp3) is 0.0667. The average Bonchev–Trinajstić information content (AvgIpc) is 2.77. The van der Waals surface area contributed by atoms with Crippen LogP contribution in [0.15, 0.2) is 30.3 Å². The Morgan fingerprint density at radius 2 is 1.62 bits per heavy atom. The highest BCUT2D eigenvalue weighted by Gasteiger charge is 2.17. The number of rotatable bonds is 2. The van der Waals surface area contributed by atoms with Crippen LogP contribution in [0, 0.1) is 0 Å². The predicted octanol–water partition coefficient (Wildman–Crippen LogP) is 6.64. The topological polar surface area (TPSA) is 26.0 Å². The molecule has 1 heterocycles. The fourth-order valence-corrected chi connectivity index (χ4v) is 4.29. The minimum atomic E-state index is 0.420. The van der Waals surface area contributed by atoms with Crippen LogP contribution in [-0.4, -0.2) is 0 Å². The molecule has 0 aliphatic carbocycles. The number of thiophene rings is 1. The molecule has 0 radical (unpaired) electrons. The summed E-state index contributed by atoms with van der Waals surface area (Å²) in [7, 11) is 0. The molecule has 6 heteroatoms. The summed E-state index contributed by atoms with van der Waals surface area (Å²) in [4.78, 5) is 1.03. The Hall–Kier alpha value is -0.480. The van der Waals surface area contributed by atoms with E-state index in [0.29, 0.717) is 26.6 Å². The van der Waals surface area contributed by atoms with E-state index in [1.54, 1.807) is 17.4 Å². The van der Waals surface area contributed by atoms with Gasteiger partial charge in [0, 0.05) is 42.7 Å². The summed E-state index contributed by atoms with van der Waals surface area (Å²) in [6.07, 6.45) is 0. The van der Waals surface area contributed by atoms with E-state index in [-0.39, 0.29) is 0 Å². The Labute approximate surface area is 146 Å². The lowest BCUT2D eigenvalue weighted by Gasteiger charge is -2.07. The normalized spacial score (nSPS) is 11.3. The molecule has 0 spiro atoms. The van der Waals surface area contributed by atoms with Gasteiger partial charge in [-0.05, 0) is 24.3 Å². The molecule has 0 aliphatic rings. The van der Waals surface area contributed by atoms with Crippen molar-refractivity contribution in [1.82, 2.24) is 0 Å². The molecule has 0 saturated carbocycles. The molecule has 1 nitrogen and oxygen atoms in total. The van der Waals surface area contributed by atoms with Crippen molar-refractivity contribution in [3.05, 3.63) is 55.3 Å². The van der Waals surface area contributed by atoms with Gasteiger partial charge in [-0.3, -0.25) is 0 Å². The maximum Gasteiger partial charge on any atom is 0.0606 e. The van der Waals surface area contributed by atoms with Gasteiger partial charge >= 0.3 is 0 Å². The second-order valence-corrected chi connectivity index (χ2v) is 7.29. The second-order valence-electron chi connectivity index (χ2n) is 4.49. The van der Waals surface area contributed by atoms with Crippen LogP contribution in [0.1, 0.15) is 4.88 Å². The summed E-state index contributed by atoms with van der Waals surface area (Å²) in [6.45, 7) is 0.420. The lowest BCUT2D eigenvalue weighted by Crippen LogP contribution is -1.95. The molecule has 0 unspecified atom stereocenters. The van der Waals surface area contributed by atoms with E-state index in [2.05, 4.69) is 0 Å². The summed E-state index contributed by atoms with van der Waals surface area (Å²) in [5, 5.41) is 3.22. The highest BCUT2D eigenvalue weighted by Crippen LogP contribution is 2.44. The van der Waals surface area contributed by atoms with Crippen molar-refractivity contribution in [3.63, 3.8) is 0 Å². The molecule has 2 aromatic carbocycles. The molecule has 2 N–H and O–H groups in total. The highest BCUT2D eigenvalue weighted by molar-refractivity contribution is 7.19. The molecule has 3 rings (SSSR count). The predicted molar refractivity (Wildman–Crippen MR) is 95.2 cm³/mol. The number of benzene rings is 2. The summed E-state index contributed by atoms with van der Waals surface area (Å²) in [6, 6.07) is 9.14. The van der Waals surface area contributed by atoms with Gasteiger partial charge in [0.2, 0.25) is 0 Å². The van der Waals surface area contributed by atoms with Crippen LogP contribution in [0.4, 0.5) is 0 Å². The highest BCUT2D eigenvalue weighted by atomic mass is 35.5. The van der Waals surface area contributed by atoms with Gasteiger partial charge in [0.1, 0.15) is 0 Å². The smallest absolute Gasteiger partial charge is 0.0606 e. The third-order valence-corrected chi connectivity index (χ3v) is 5.63. The Balaban J connectivity index is 2.37. The number of hydrogen-bond acceptors (Lipinski definition) is 2. The van der Waals surface area contributed by atoms with Gasteiger partial charge in [-0.25, -0.2) is 0 Å². The molecule has 108 valence electrons. The number of nitrogens with two attached hydrogens (primary N) is 1. The molecule has 0 fully saturated rings. The maximum atomic E-state index is 6.34. The van der Waals surface area contributed by atoms with E-state index in [0.717, 1.165) is 26.1 Å². The van der Waals surface area contributed by atoms with Crippen molar-refractivity contribution >= 4 is 67.8 Å². The van der Waals surface area contributed by atoms with Crippen molar-refractivity contribution in [1.29, 1.82) is 0 Å². The number of hydrogen-bond donors (Lipinski definition) is 1. The number of halogens is 4. The molecule has 1 aromatic heterocycles. The van der Waals surface area contributed by atoms with E-state index >= 15 is 0 Å². The second kappa shape index (κ2) is 5.96. The Bertz CT molecular complexity index is 841. The average molecular weight is 377 g/mol. The Morgan fingerprint density at radius 1 is 0.905 bits per heavy atom. The molecule has 0 amide bonds. The Morgan fingerprint density at radius 3 is 2.29 bits per heavy atom. The van der Waals surface area contributed by atoms with Crippen LogP contribution in [0.5, 0.6) is 0 Å². The Kier molecular flexibility index (Phi) is 4.37. The van der Waals surface area contributed by atoms with Crippen LogP contribution in [-0.2, 0) is 6.54 Å². The lowest BCUT2D eigenvalue weighted by atomic mass is 10.0. The van der Waals surface area contributed by atoms with Crippen LogP contribution in [0.3, 0.4) is 0 Å². The molecule has 0 bridgehead atoms. The van der Waals surface area contributed by atoms with Crippen molar-refractivity contribution in [2.75, 3.05) is 0 Å². The molecular weight excluding hydrogens is 368 g/mol. The van der Waals surface area contributed by atoms with E-state index in [4.69, 9.17) is 52.1 Å². The summed E-state index contributed by atoms with van der Waals surface area (Å²) >= 11 is 26.1. The van der Waals surface area contributed by atoms with Gasteiger partial charge < -0.3 is 5.73 Å². The SMILES string of the molecule is NCc1sc2cc(Cl)c(Cl)cc2c1-c1ccc(Cl)cc1Cl. The summed E-state index contributed by atoms with van der Waals surface area (Å²) in [5.41, 5.74) is 7.78. The first kappa shape index (κ1) is 15.4. The molecular formula is C15H9Cl4NS. The third-order valence-electron chi connectivity index (χ3n) is 3.19. The van der Waals surface area contributed by atoms with Gasteiger partial charge in [-0.15, -0.1) is 11.3 Å². The molecule has 0 saturated heterocycles. The maximum absolute atomic E-state index is 6.34. The van der Waals surface area contributed by atoms with Crippen LogP contribution in [0.25, 0.3) is 21.2 Å². The standard InChI is InChI=1S/C15H9Cl4NS/c16-7-1-2-8(10(17)3-7)15-9-4-11(18)12(19)5-13(9)21-14(15)6-20/h1-5H,6,20H2. The van der Waals surface area contributed by atoms with E-state index < -0.39 is 0 Å². The van der Waals surface area contributed by atoms with Gasteiger partial charge in [0.25, 0.3) is 0 Å². The third kappa shape index (κ3) is 2.77. The molecule has 3 aromatic rings. The molecule has 0 atom stereocenters. The van der Waals surface area contributed by atoms with Gasteiger partial charge in [-0.2, -0.15) is 0 Å². The van der Waals surface area contributed by atoms with Crippen LogP contribution in [0.2, 0.25) is 20.1 Å². The minimum Gasteiger partial charge on any atom is -0.326 e. The zero-order valence-corrected chi connectivity index (χ0v) is 14.4. The largest absolute Gasteiger partial charge is 0.326 e. The van der Waals surface area contributed by atoms with Crippen molar-refractivity contribution in [3.8, 4) is 11.1 Å². The fourth-order valence-electron chi connectivity index (χ4n) is 2.27. The molecule has 21 heavy (non-hydrogen) atoms. The van der Waals surface area contributed by atoms with Crippen molar-refractivity contribution in [2.24, 2.45) is 5.73 Å². The first-order chi connectivity index (χ1) is 10.0. The first-order valence-corrected chi connectivity index (χ1v) is 8.40. The van der Waals surface area contributed by atoms with E-state index in [1.807, 2.05) is 24.3 Å². The summed E-state index contributed by atoms with van der Waals surface area (Å²) in [5.74, 6) is 0. The summed E-state index contributed by atoms with van der Waals surface area (Å²) < 4.78 is 1.03.